The summed E-state index contributed by atoms with van der Waals surface area (Å²) in [6, 6.07) is 0. The minimum atomic E-state index is 0.208. The number of ether oxygens (including phenoxy) is 1. The molecule has 1 heterocycles. The van der Waals surface area contributed by atoms with Crippen molar-refractivity contribution in [2.75, 3.05) is 26.3 Å². The molecule has 1 fully saturated rings. The van der Waals surface area contributed by atoms with Crippen LogP contribution in [0.3, 0.4) is 0 Å². The zero-order valence-electron chi connectivity index (χ0n) is 9.51. The molecule has 82 valence electrons. The fourth-order valence-electron chi connectivity index (χ4n) is 1.75. The maximum Gasteiger partial charge on any atom is 0.222 e. The highest BCUT2D eigenvalue weighted by atomic mass is 16.5. The third-order valence-corrected chi connectivity index (χ3v) is 2.67. The van der Waals surface area contributed by atoms with Gasteiger partial charge in [-0.05, 0) is 13.3 Å². The first-order valence-electron chi connectivity index (χ1n) is 5.47. The fraction of sp³-hybridized carbons (Fsp3) is 0.909. The van der Waals surface area contributed by atoms with Gasteiger partial charge in [0, 0.05) is 24.9 Å². The summed E-state index contributed by atoms with van der Waals surface area (Å²) in [4.78, 5) is 13.6. The molecule has 0 atom stereocenters. The SMILES string of the molecule is CCCC(=O)N(CC)CC1(C)COC1. The largest absolute Gasteiger partial charge is 0.380 e. The Morgan fingerprint density at radius 1 is 1.43 bits per heavy atom. The summed E-state index contributed by atoms with van der Waals surface area (Å²) in [5.41, 5.74) is 0.208. The highest BCUT2D eigenvalue weighted by Gasteiger charge is 2.35. The molecular formula is C11H21NO2. The molecule has 0 spiro atoms. The molecule has 1 saturated heterocycles. The molecule has 1 aliphatic heterocycles. The highest BCUT2D eigenvalue weighted by Crippen LogP contribution is 2.27. The zero-order valence-corrected chi connectivity index (χ0v) is 9.51. The van der Waals surface area contributed by atoms with E-state index in [0.29, 0.717) is 6.42 Å². The van der Waals surface area contributed by atoms with Gasteiger partial charge in [-0.3, -0.25) is 4.79 Å². The van der Waals surface area contributed by atoms with Crippen LogP contribution in [-0.2, 0) is 9.53 Å². The maximum atomic E-state index is 11.7. The van der Waals surface area contributed by atoms with Crippen molar-refractivity contribution in [3.63, 3.8) is 0 Å². The number of hydrogen-bond donors (Lipinski definition) is 0. The van der Waals surface area contributed by atoms with Crippen LogP contribution in [0.4, 0.5) is 0 Å². The van der Waals surface area contributed by atoms with Gasteiger partial charge < -0.3 is 9.64 Å². The summed E-state index contributed by atoms with van der Waals surface area (Å²) in [6.45, 7) is 9.51. The molecule has 0 aromatic rings. The summed E-state index contributed by atoms with van der Waals surface area (Å²) in [5, 5.41) is 0. The number of carbonyl (C=O) groups excluding carboxylic acids is 1. The van der Waals surface area contributed by atoms with E-state index in [1.807, 2.05) is 18.7 Å². The number of nitrogens with zero attached hydrogens (tertiary/aromatic N) is 1. The Labute approximate surface area is 86.4 Å². The maximum absolute atomic E-state index is 11.7. The van der Waals surface area contributed by atoms with Crippen LogP contribution >= 0.6 is 0 Å². The second kappa shape index (κ2) is 4.78. The molecule has 0 N–H and O–H groups in total. The van der Waals surface area contributed by atoms with Crippen molar-refractivity contribution in [1.82, 2.24) is 4.90 Å². The summed E-state index contributed by atoms with van der Waals surface area (Å²) >= 11 is 0. The van der Waals surface area contributed by atoms with Gasteiger partial charge in [-0.1, -0.05) is 13.8 Å². The Morgan fingerprint density at radius 2 is 2.07 bits per heavy atom. The Morgan fingerprint density at radius 3 is 2.43 bits per heavy atom. The van der Waals surface area contributed by atoms with Crippen LogP contribution in [0.1, 0.15) is 33.6 Å². The molecule has 0 aromatic carbocycles. The van der Waals surface area contributed by atoms with Crippen LogP contribution < -0.4 is 0 Å². The molecule has 3 nitrogen and oxygen atoms in total. The summed E-state index contributed by atoms with van der Waals surface area (Å²) in [6.07, 6.45) is 1.60. The van der Waals surface area contributed by atoms with Gasteiger partial charge >= 0.3 is 0 Å². The normalized spacial score (nSPS) is 18.8. The number of hydrogen-bond acceptors (Lipinski definition) is 2. The Balaban J connectivity index is 2.41. The predicted octanol–water partition coefficient (Wildman–Crippen LogP) is 1.67. The Bertz CT molecular complexity index is 199. The average molecular weight is 199 g/mol. The second-order valence-corrected chi connectivity index (χ2v) is 4.46. The van der Waals surface area contributed by atoms with Crippen LogP contribution in [0.5, 0.6) is 0 Å². The van der Waals surface area contributed by atoms with Gasteiger partial charge in [0.05, 0.1) is 13.2 Å². The van der Waals surface area contributed by atoms with Gasteiger partial charge in [-0.2, -0.15) is 0 Å². The van der Waals surface area contributed by atoms with Gasteiger partial charge in [-0.15, -0.1) is 0 Å². The first kappa shape index (κ1) is 11.5. The summed E-state index contributed by atoms with van der Waals surface area (Å²) in [7, 11) is 0. The van der Waals surface area contributed by atoms with Crippen molar-refractivity contribution in [1.29, 1.82) is 0 Å². The van der Waals surface area contributed by atoms with Crippen LogP contribution in [0, 0.1) is 5.41 Å². The molecule has 14 heavy (non-hydrogen) atoms. The molecule has 1 amide bonds. The third-order valence-electron chi connectivity index (χ3n) is 2.67. The van der Waals surface area contributed by atoms with E-state index in [0.717, 1.165) is 32.7 Å². The fourth-order valence-corrected chi connectivity index (χ4v) is 1.75. The van der Waals surface area contributed by atoms with Crippen molar-refractivity contribution >= 4 is 5.91 Å². The van der Waals surface area contributed by atoms with Crippen molar-refractivity contribution in [2.24, 2.45) is 5.41 Å². The lowest BCUT2D eigenvalue weighted by molar-refractivity contribution is -0.143. The standard InChI is InChI=1S/C11H21NO2/c1-4-6-10(13)12(5-2)7-11(3)8-14-9-11/h4-9H2,1-3H3. The predicted molar refractivity (Wildman–Crippen MR) is 56.1 cm³/mol. The molecule has 0 bridgehead atoms. The van der Waals surface area contributed by atoms with E-state index >= 15 is 0 Å². The van der Waals surface area contributed by atoms with Gasteiger partial charge in [0.15, 0.2) is 0 Å². The van der Waals surface area contributed by atoms with E-state index in [9.17, 15) is 4.79 Å². The molecule has 0 saturated carbocycles. The number of amides is 1. The molecular weight excluding hydrogens is 178 g/mol. The number of rotatable bonds is 5. The quantitative estimate of drug-likeness (QED) is 0.674. The van der Waals surface area contributed by atoms with E-state index in [2.05, 4.69) is 6.92 Å². The molecule has 0 aromatic heterocycles. The first-order valence-corrected chi connectivity index (χ1v) is 5.47. The lowest BCUT2D eigenvalue weighted by Gasteiger charge is -2.41. The van der Waals surface area contributed by atoms with E-state index in [-0.39, 0.29) is 11.3 Å². The van der Waals surface area contributed by atoms with Crippen LogP contribution in [0.25, 0.3) is 0 Å². The van der Waals surface area contributed by atoms with Crippen LogP contribution in [-0.4, -0.2) is 37.1 Å². The van der Waals surface area contributed by atoms with Gasteiger partial charge in [0.25, 0.3) is 0 Å². The molecule has 3 heteroatoms. The molecule has 1 aliphatic rings. The highest BCUT2D eigenvalue weighted by molar-refractivity contribution is 5.76. The monoisotopic (exact) mass is 199 g/mol. The van der Waals surface area contributed by atoms with Crippen LogP contribution in [0.15, 0.2) is 0 Å². The van der Waals surface area contributed by atoms with Gasteiger partial charge in [0.2, 0.25) is 5.91 Å². The Kier molecular flexibility index (Phi) is 3.93. The number of carbonyl (C=O) groups is 1. The lowest BCUT2D eigenvalue weighted by Crippen LogP contribution is -2.50. The van der Waals surface area contributed by atoms with E-state index in [1.54, 1.807) is 0 Å². The average Bonchev–Trinajstić information content (AvgIpc) is 2.11. The first-order chi connectivity index (χ1) is 6.61. The van der Waals surface area contributed by atoms with Crippen molar-refractivity contribution in [2.45, 2.75) is 33.6 Å². The van der Waals surface area contributed by atoms with Crippen molar-refractivity contribution in [3.8, 4) is 0 Å². The molecule has 0 unspecified atom stereocenters. The van der Waals surface area contributed by atoms with Crippen molar-refractivity contribution < 1.29 is 9.53 Å². The lowest BCUT2D eigenvalue weighted by atomic mass is 9.88. The van der Waals surface area contributed by atoms with E-state index in [1.165, 1.54) is 0 Å². The molecule has 0 aliphatic carbocycles. The summed E-state index contributed by atoms with van der Waals surface area (Å²) in [5.74, 6) is 0.281. The smallest absolute Gasteiger partial charge is 0.222 e. The Hall–Kier alpha value is -0.570. The molecule has 1 rings (SSSR count). The van der Waals surface area contributed by atoms with Crippen LogP contribution in [0.2, 0.25) is 0 Å². The van der Waals surface area contributed by atoms with E-state index < -0.39 is 0 Å². The second-order valence-electron chi connectivity index (χ2n) is 4.46. The van der Waals surface area contributed by atoms with Crippen molar-refractivity contribution in [3.05, 3.63) is 0 Å². The third kappa shape index (κ3) is 2.71. The zero-order chi connectivity index (χ0) is 10.6. The van der Waals surface area contributed by atoms with Gasteiger partial charge in [0.1, 0.15) is 0 Å². The van der Waals surface area contributed by atoms with Gasteiger partial charge in [-0.25, -0.2) is 0 Å². The molecule has 0 radical (unpaired) electrons. The van der Waals surface area contributed by atoms with E-state index in [4.69, 9.17) is 4.74 Å². The summed E-state index contributed by atoms with van der Waals surface area (Å²) < 4.78 is 5.18. The minimum absolute atomic E-state index is 0.208. The minimum Gasteiger partial charge on any atom is -0.380 e. The topological polar surface area (TPSA) is 29.5 Å².